The monoisotopic (exact) mass is 282 g/mol. The lowest BCUT2D eigenvalue weighted by atomic mass is 9.82. The van der Waals surface area contributed by atoms with Crippen molar-refractivity contribution in [2.24, 2.45) is 11.8 Å². The lowest BCUT2D eigenvalue weighted by Crippen LogP contribution is -2.26. The van der Waals surface area contributed by atoms with Crippen LogP contribution in [-0.4, -0.2) is 18.2 Å². The van der Waals surface area contributed by atoms with Crippen LogP contribution in [0.5, 0.6) is 0 Å². The SMILES string of the molecule is [C-]#[N+]C(CC#CCOC(C)=O)([N+]#[C-])C1=CC2CCC(C1)C2. The van der Waals surface area contributed by atoms with Crippen molar-refractivity contribution in [3.8, 4) is 11.8 Å². The van der Waals surface area contributed by atoms with Crippen LogP contribution in [0.25, 0.3) is 9.69 Å². The number of allylic oxidation sites excluding steroid dienone is 1. The highest BCUT2D eigenvalue weighted by Crippen LogP contribution is 2.45. The van der Waals surface area contributed by atoms with Crippen molar-refractivity contribution in [2.45, 2.75) is 44.7 Å². The number of hydrogen-bond acceptors (Lipinski definition) is 2. The number of carbonyl (C=O) groups is 1. The predicted octanol–water partition coefficient (Wildman–Crippen LogP) is 3.22. The van der Waals surface area contributed by atoms with Gasteiger partial charge in [0, 0.05) is 6.92 Å². The summed E-state index contributed by atoms with van der Waals surface area (Å²) >= 11 is 0. The van der Waals surface area contributed by atoms with E-state index in [4.69, 9.17) is 17.9 Å². The van der Waals surface area contributed by atoms with Gasteiger partial charge in [0.25, 0.3) is 0 Å². The number of carbonyl (C=O) groups excluding carboxylic acids is 1. The second-order valence-corrected chi connectivity index (χ2v) is 5.69. The Labute approximate surface area is 125 Å². The molecule has 0 radical (unpaired) electrons. The van der Waals surface area contributed by atoms with Gasteiger partial charge in [-0.25, -0.2) is 22.8 Å². The van der Waals surface area contributed by atoms with Crippen LogP contribution >= 0.6 is 0 Å². The molecule has 2 unspecified atom stereocenters. The van der Waals surface area contributed by atoms with Gasteiger partial charge in [0.15, 0.2) is 13.0 Å². The molecule has 0 amide bonds. The van der Waals surface area contributed by atoms with Gasteiger partial charge in [-0.2, -0.15) is 0 Å². The maximum Gasteiger partial charge on any atom is 0.516 e. The maximum atomic E-state index is 10.6. The molecule has 2 atom stereocenters. The molecule has 0 N–H and O–H groups in total. The van der Waals surface area contributed by atoms with Crippen molar-refractivity contribution in [1.29, 1.82) is 0 Å². The first-order chi connectivity index (χ1) is 10.1. The van der Waals surface area contributed by atoms with Crippen LogP contribution in [0.3, 0.4) is 0 Å². The summed E-state index contributed by atoms with van der Waals surface area (Å²) in [6, 6.07) is 0. The molecule has 2 rings (SSSR count). The fourth-order valence-corrected chi connectivity index (χ4v) is 3.15. The smallest absolute Gasteiger partial charge is 0.453 e. The average Bonchev–Trinajstić information content (AvgIpc) is 2.81. The van der Waals surface area contributed by atoms with Crippen molar-refractivity contribution in [3.05, 3.63) is 34.5 Å². The van der Waals surface area contributed by atoms with Crippen LogP contribution in [0, 0.1) is 36.8 Å². The Morgan fingerprint density at radius 3 is 2.81 bits per heavy atom. The highest BCUT2D eigenvalue weighted by Gasteiger charge is 2.50. The van der Waals surface area contributed by atoms with E-state index in [1.54, 1.807) is 0 Å². The Morgan fingerprint density at radius 1 is 1.43 bits per heavy atom. The van der Waals surface area contributed by atoms with E-state index in [9.17, 15) is 4.79 Å². The van der Waals surface area contributed by atoms with E-state index in [2.05, 4.69) is 27.6 Å². The van der Waals surface area contributed by atoms with Crippen LogP contribution in [0.1, 0.15) is 39.0 Å². The van der Waals surface area contributed by atoms with Gasteiger partial charge in [0.05, 0.1) is 0 Å². The summed E-state index contributed by atoms with van der Waals surface area (Å²) in [5.74, 6) is 6.34. The molecule has 0 aromatic heterocycles. The Balaban J connectivity index is 2.09. The number of rotatable bonds is 3. The Kier molecular flexibility index (Phi) is 4.66. The summed E-state index contributed by atoms with van der Waals surface area (Å²) < 4.78 is 4.73. The topological polar surface area (TPSA) is 35.0 Å². The van der Waals surface area contributed by atoms with Crippen LogP contribution in [0.15, 0.2) is 11.6 Å². The number of hydrogen-bond donors (Lipinski definition) is 0. The fraction of sp³-hybridized carbons (Fsp3) is 0.588. The minimum absolute atomic E-state index is 0.0196. The lowest BCUT2D eigenvalue weighted by Gasteiger charge is -2.20. The predicted molar refractivity (Wildman–Crippen MR) is 78.5 cm³/mol. The molecule has 2 aliphatic rings. The minimum Gasteiger partial charge on any atom is -0.453 e. The van der Waals surface area contributed by atoms with Crippen LogP contribution < -0.4 is 0 Å². The molecule has 2 aliphatic carbocycles. The molecule has 0 aromatic rings. The number of nitrogens with zero attached hydrogens (tertiary/aromatic N) is 2. The molecule has 0 spiro atoms. The van der Waals surface area contributed by atoms with E-state index in [-0.39, 0.29) is 19.0 Å². The zero-order valence-corrected chi connectivity index (χ0v) is 12.2. The summed E-state index contributed by atoms with van der Waals surface area (Å²) in [6.45, 7) is 16.3. The fourth-order valence-electron chi connectivity index (χ4n) is 3.15. The summed E-state index contributed by atoms with van der Waals surface area (Å²) in [4.78, 5) is 17.9. The lowest BCUT2D eigenvalue weighted by molar-refractivity contribution is -0.139. The molecule has 0 saturated heterocycles. The first kappa shape index (κ1) is 15.1. The van der Waals surface area contributed by atoms with Crippen molar-refractivity contribution >= 4 is 5.97 Å². The molecule has 0 aliphatic heterocycles. The molecule has 1 fully saturated rings. The molecule has 4 nitrogen and oxygen atoms in total. The summed E-state index contributed by atoms with van der Waals surface area (Å²) in [7, 11) is 0. The van der Waals surface area contributed by atoms with Gasteiger partial charge in [0.2, 0.25) is 0 Å². The normalized spacial score (nSPS) is 23.1. The highest BCUT2D eigenvalue weighted by atomic mass is 16.5. The zero-order chi connectivity index (χ0) is 15.3. The molecule has 0 heterocycles. The standard InChI is InChI=1S/C17H18N2O2/c1-13(20)21-9-5-4-8-17(18-2,19-3)16-11-14-6-7-15(10-14)12-16/h11,14-15H,6-10,12H2,1H3. The largest absolute Gasteiger partial charge is 0.516 e. The van der Waals surface area contributed by atoms with Crippen molar-refractivity contribution in [3.63, 3.8) is 0 Å². The summed E-state index contributed by atoms with van der Waals surface area (Å²) in [6.07, 6.45) is 6.77. The van der Waals surface area contributed by atoms with Gasteiger partial charge in [-0.15, -0.1) is 0 Å². The Hall–Kier alpha value is -2.25. The molecule has 2 bridgehead atoms. The number of esters is 1. The third-order valence-electron chi connectivity index (χ3n) is 4.22. The highest BCUT2D eigenvalue weighted by molar-refractivity contribution is 5.66. The number of fused-ring (bicyclic) bond motifs is 2. The van der Waals surface area contributed by atoms with Gasteiger partial charge in [-0.1, -0.05) is 17.9 Å². The third kappa shape index (κ3) is 3.45. The minimum atomic E-state index is -1.18. The Bertz CT molecular complexity index is 581. The van der Waals surface area contributed by atoms with E-state index in [1.165, 1.54) is 26.2 Å². The summed E-state index contributed by atoms with van der Waals surface area (Å²) in [5, 5.41) is 0. The van der Waals surface area contributed by atoms with Gasteiger partial charge >= 0.3 is 11.6 Å². The van der Waals surface area contributed by atoms with Crippen molar-refractivity contribution in [1.82, 2.24) is 0 Å². The zero-order valence-electron chi connectivity index (χ0n) is 12.2. The second-order valence-electron chi connectivity index (χ2n) is 5.69. The molecular formula is C17H18N2O2. The molecule has 1 saturated carbocycles. The molecule has 21 heavy (non-hydrogen) atoms. The third-order valence-corrected chi connectivity index (χ3v) is 4.22. The van der Waals surface area contributed by atoms with Crippen LogP contribution in [0.2, 0.25) is 0 Å². The van der Waals surface area contributed by atoms with E-state index in [0.717, 1.165) is 12.0 Å². The van der Waals surface area contributed by atoms with Crippen molar-refractivity contribution < 1.29 is 9.53 Å². The molecule has 0 aromatic carbocycles. The molecule has 4 heteroatoms. The van der Waals surface area contributed by atoms with E-state index < -0.39 is 5.66 Å². The van der Waals surface area contributed by atoms with E-state index in [0.29, 0.717) is 11.8 Å². The summed E-state index contributed by atoms with van der Waals surface area (Å²) in [5.41, 5.74) is -0.224. The molecular weight excluding hydrogens is 264 g/mol. The molecule has 108 valence electrons. The van der Waals surface area contributed by atoms with Crippen molar-refractivity contribution in [2.75, 3.05) is 6.61 Å². The van der Waals surface area contributed by atoms with Gasteiger partial charge in [-0.05, 0) is 37.5 Å². The van der Waals surface area contributed by atoms with E-state index in [1.807, 2.05) is 0 Å². The van der Waals surface area contributed by atoms with Crippen LogP contribution in [0.4, 0.5) is 0 Å². The quantitative estimate of drug-likeness (QED) is 0.345. The van der Waals surface area contributed by atoms with Gasteiger partial charge in [-0.3, -0.25) is 4.79 Å². The first-order valence-corrected chi connectivity index (χ1v) is 7.17. The average molecular weight is 282 g/mol. The Morgan fingerprint density at radius 2 is 2.19 bits per heavy atom. The van der Waals surface area contributed by atoms with Crippen LogP contribution in [-0.2, 0) is 9.53 Å². The first-order valence-electron chi connectivity index (χ1n) is 7.17. The maximum absolute atomic E-state index is 10.6. The van der Waals surface area contributed by atoms with Gasteiger partial charge in [0.1, 0.15) is 5.57 Å². The number of ether oxygens (including phenoxy) is 1. The second kappa shape index (κ2) is 6.47. The van der Waals surface area contributed by atoms with Gasteiger partial charge < -0.3 is 4.74 Å². The van der Waals surface area contributed by atoms with E-state index >= 15 is 0 Å².